The molecular weight excluding hydrogens is 156 g/mol. The van der Waals surface area contributed by atoms with Gasteiger partial charge in [0.1, 0.15) is 0 Å². The summed E-state index contributed by atoms with van der Waals surface area (Å²) in [5.41, 5.74) is 3.41. The second-order valence-corrected chi connectivity index (χ2v) is 5.03. The van der Waals surface area contributed by atoms with Gasteiger partial charge in [-0.1, -0.05) is 19.1 Å². The summed E-state index contributed by atoms with van der Waals surface area (Å²) in [6, 6.07) is 0. The molecule has 0 heteroatoms. The first-order valence-corrected chi connectivity index (χ1v) is 5.76. The van der Waals surface area contributed by atoms with Crippen molar-refractivity contribution in [3.8, 4) is 0 Å². The highest BCUT2D eigenvalue weighted by Crippen LogP contribution is 2.46. The van der Waals surface area contributed by atoms with Crippen LogP contribution in [0, 0.1) is 17.8 Å². The molecule has 2 saturated carbocycles. The maximum atomic E-state index is 2.62. The summed E-state index contributed by atoms with van der Waals surface area (Å²) in [7, 11) is 0. The van der Waals surface area contributed by atoms with E-state index in [1.807, 2.05) is 0 Å². The third-order valence-electron chi connectivity index (χ3n) is 4.22. The van der Waals surface area contributed by atoms with Crippen molar-refractivity contribution in [2.24, 2.45) is 17.8 Å². The van der Waals surface area contributed by atoms with Gasteiger partial charge >= 0.3 is 0 Å². The second kappa shape index (κ2) is 2.73. The van der Waals surface area contributed by atoms with Crippen molar-refractivity contribution >= 4 is 0 Å². The van der Waals surface area contributed by atoms with Crippen molar-refractivity contribution in [3.05, 3.63) is 23.3 Å². The minimum Gasteiger partial charge on any atom is -0.0773 e. The molecule has 3 unspecified atom stereocenters. The van der Waals surface area contributed by atoms with Crippen molar-refractivity contribution in [2.45, 2.75) is 39.0 Å². The first-order chi connectivity index (χ1) is 6.34. The predicted molar refractivity (Wildman–Crippen MR) is 55.4 cm³/mol. The molecule has 0 amide bonds. The van der Waals surface area contributed by atoms with Gasteiger partial charge in [0.25, 0.3) is 0 Å². The van der Waals surface area contributed by atoms with Crippen LogP contribution < -0.4 is 0 Å². The Morgan fingerprint density at radius 3 is 2.69 bits per heavy atom. The number of rotatable bonds is 0. The lowest BCUT2D eigenvalue weighted by molar-refractivity contribution is 0.446. The van der Waals surface area contributed by atoms with Crippen LogP contribution in [0.15, 0.2) is 23.3 Å². The lowest BCUT2D eigenvalue weighted by Crippen LogP contribution is -2.13. The van der Waals surface area contributed by atoms with E-state index in [4.69, 9.17) is 0 Å². The first kappa shape index (κ1) is 7.84. The first-order valence-electron chi connectivity index (χ1n) is 5.76. The smallest absolute Gasteiger partial charge is 0.0139 e. The molecule has 0 bridgehead atoms. The van der Waals surface area contributed by atoms with Crippen LogP contribution in [0.3, 0.4) is 0 Å². The van der Waals surface area contributed by atoms with Crippen LogP contribution in [0.2, 0.25) is 0 Å². The Labute approximate surface area is 80.7 Å². The zero-order chi connectivity index (χ0) is 8.84. The molecule has 3 atom stereocenters. The molecule has 0 saturated heterocycles. The van der Waals surface area contributed by atoms with E-state index in [1.165, 1.54) is 32.1 Å². The molecular formula is C13H18. The largest absolute Gasteiger partial charge is 0.0773 e. The zero-order valence-corrected chi connectivity index (χ0v) is 8.42. The molecule has 0 spiro atoms. The normalized spacial score (nSPS) is 42.4. The highest BCUT2D eigenvalue weighted by Gasteiger charge is 2.34. The molecule has 0 aromatic heterocycles. The zero-order valence-electron chi connectivity index (χ0n) is 8.42. The fraction of sp³-hybridized carbons (Fsp3) is 0.692. The summed E-state index contributed by atoms with van der Waals surface area (Å²) in [4.78, 5) is 0. The molecule has 0 aromatic rings. The maximum Gasteiger partial charge on any atom is -0.0139 e. The van der Waals surface area contributed by atoms with Crippen molar-refractivity contribution < 1.29 is 0 Å². The van der Waals surface area contributed by atoms with E-state index in [9.17, 15) is 0 Å². The quantitative estimate of drug-likeness (QED) is 0.525. The summed E-state index contributed by atoms with van der Waals surface area (Å²) >= 11 is 0. The molecule has 2 fully saturated rings. The van der Waals surface area contributed by atoms with Crippen LogP contribution >= 0.6 is 0 Å². The van der Waals surface area contributed by atoms with Crippen molar-refractivity contribution in [3.63, 3.8) is 0 Å². The molecule has 0 nitrogen and oxygen atoms in total. The van der Waals surface area contributed by atoms with E-state index in [2.05, 4.69) is 19.1 Å². The predicted octanol–water partition coefficient (Wildman–Crippen LogP) is 3.70. The average Bonchev–Trinajstić information content (AvgIpc) is 2.70. The summed E-state index contributed by atoms with van der Waals surface area (Å²) < 4.78 is 0. The molecule has 13 heavy (non-hydrogen) atoms. The summed E-state index contributed by atoms with van der Waals surface area (Å²) in [5, 5.41) is 0. The molecule has 0 heterocycles. The maximum absolute atomic E-state index is 2.62. The Morgan fingerprint density at radius 1 is 1.08 bits per heavy atom. The number of hydrogen-bond donors (Lipinski definition) is 0. The Bertz CT molecular complexity index is 282. The van der Waals surface area contributed by atoms with Gasteiger partial charge in [0.2, 0.25) is 0 Å². The standard InChI is InChI=1S/C13H18/c1-9-5-6-12-7-10-3-2-4-11(10)8-13(9)12/h7-9,12-13H,2-6H2,1H3. The van der Waals surface area contributed by atoms with E-state index in [0.717, 1.165) is 17.8 Å². The van der Waals surface area contributed by atoms with Gasteiger partial charge < -0.3 is 0 Å². The lowest BCUT2D eigenvalue weighted by atomic mass is 9.82. The van der Waals surface area contributed by atoms with Crippen LogP contribution in [-0.4, -0.2) is 0 Å². The van der Waals surface area contributed by atoms with Crippen LogP contribution in [-0.2, 0) is 0 Å². The van der Waals surface area contributed by atoms with E-state index in [1.54, 1.807) is 11.1 Å². The summed E-state index contributed by atoms with van der Waals surface area (Å²) in [6.45, 7) is 2.43. The van der Waals surface area contributed by atoms with Crippen LogP contribution in [0.25, 0.3) is 0 Å². The second-order valence-electron chi connectivity index (χ2n) is 5.03. The Hall–Kier alpha value is -0.520. The average molecular weight is 174 g/mol. The van der Waals surface area contributed by atoms with Gasteiger partial charge in [0.05, 0.1) is 0 Å². The van der Waals surface area contributed by atoms with Gasteiger partial charge in [-0.3, -0.25) is 0 Å². The van der Waals surface area contributed by atoms with Crippen LogP contribution in [0.5, 0.6) is 0 Å². The monoisotopic (exact) mass is 174 g/mol. The summed E-state index contributed by atoms with van der Waals surface area (Å²) in [5.74, 6) is 2.75. The van der Waals surface area contributed by atoms with Gasteiger partial charge in [-0.2, -0.15) is 0 Å². The van der Waals surface area contributed by atoms with Crippen LogP contribution in [0.1, 0.15) is 39.0 Å². The minimum atomic E-state index is 0.900. The Balaban J connectivity index is 1.96. The molecule has 0 N–H and O–H groups in total. The van der Waals surface area contributed by atoms with E-state index in [0.29, 0.717) is 0 Å². The molecule has 70 valence electrons. The van der Waals surface area contributed by atoms with Gasteiger partial charge in [0.15, 0.2) is 0 Å². The van der Waals surface area contributed by atoms with E-state index >= 15 is 0 Å². The highest BCUT2D eigenvalue weighted by atomic mass is 14.4. The molecule has 0 radical (unpaired) electrons. The number of fused-ring (bicyclic) bond motifs is 2. The van der Waals surface area contributed by atoms with Gasteiger partial charge in [-0.15, -0.1) is 0 Å². The molecule has 3 rings (SSSR count). The molecule has 3 aliphatic carbocycles. The third kappa shape index (κ3) is 1.11. The van der Waals surface area contributed by atoms with Gasteiger partial charge in [0, 0.05) is 0 Å². The SMILES string of the molecule is CC1CCC2C=C3CCCC3=CC12. The topological polar surface area (TPSA) is 0 Å². The van der Waals surface area contributed by atoms with Crippen LogP contribution in [0.4, 0.5) is 0 Å². The third-order valence-corrected chi connectivity index (χ3v) is 4.22. The Morgan fingerprint density at radius 2 is 1.85 bits per heavy atom. The molecule has 3 aliphatic rings. The van der Waals surface area contributed by atoms with Gasteiger partial charge in [-0.25, -0.2) is 0 Å². The number of allylic oxidation sites excluding steroid dienone is 4. The minimum absolute atomic E-state index is 0.900. The fourth-order valence-corrected chi connectivity index (χ4v) is 3.41. The lowest BCUT2D eigenvalue weighted by Gasteiger charge is -2.23. The van der Waals surface area contributed by atoms with E-state index in [-0.39, 0.29) is 0 Å². The molecule has 0 aliphatic heterocycles. The fourth-order valence-electron chi connectivity index (χ4n) is 3.41. The highest BCUT2D eigenvalue weighted by molar-refractivity contribution is 5.39. The molecule has 0 aromatic carbocycles. The van der Waals surface area contributed by atoms with E-state index < -0.39 is 0 Å². The number of hydrogen-bond acceptors (Lipinski definition) is 0. The van der Waals surface area contributed by atoms with Crippen molar-refractivity contribution in [1.29, 1.82) is 0 Å². The van der Waals surface area contributed by atoms with Gasteiger partial charge in [-0.05, 0) is 61.0 Å². The van der Waals surface area contributed by atoms with Crippen molar-refractivity contribution in [1.82, 2.24) is 0 Å². The Kier molecular flexibility index (Phi) is 1.65. The summed E-state index contributed by atoms with van der Waals surface area (Å²) in [6.07, 6.45) is 12.2. The van der Waals surface area contributed by atoms with Crippen molar-refractivity contribution in [2.75, 3.05) is 0 Å².